The van der Waals surface area contributed by atoms with Crippen LogP contribution in [0.3, 0.4) is 0 Å². The molecular formula is C62H55N3O11. The Hall–Kier alpha value is -9.04. The number of amides is 3. The van der Waals surface area contributed by atoms with Gasteiger partial charge in [0.1, 0.15) is 5.75 Å². The van der Waals surface area contributed by atoms with Gasteiger partial charge in [-0.2, -0.15) is 0 Å². The molecule has 4 aromatic carbocycles. The molecule has 3 amide bonds. The van der Waals surface area contributed by atoms with E-state index >= 15 is 0 Å². The second-order valence-electron chi connectivity index (χ2n) is 19.4. The zero-order valence-corrected chi connectivity index (χ0v) is 43.2. The molecule has 13 rings (SSSR count). The topological polar surface area (TPSA) is 154 Å². The van der Waals surface area contributed by atoms with Gasteiger partial charge in [0.15, 0.2) is 34.6 Å². The lowest BCUT2D eigenvalue weighted by Gasteiger charge is -2.30. The van der Waals surface area contributed by atoms with Crippen LogP contribution in [0.5, 0.6) is 5.75 Å². The number of carbonyl (C=O) groups is 4. The number of nitrogens with zero attached hydrogens (tertiary/aromatic N) is 3. The maximum atomic E-state index is 13.0. The van der Waals surface area contributed by atoms with E-state index in [4.69, 9.17) is 28.4 Å². The van der Waals surface area contributed by atoms with Crippen LogP contribution < -0.4 is 36.0 Å². The molecule has 3 fully saturated rings. The van der Waals surface area contributed by atoms with E-state index in [1.807, 2.05) is 98.1 Å². The van der Waals surface area contributed by atoms with E-state index in [2.05, 4.69) is 30.4 Å². The summed E-state index contributed by atoms with van der Waals surface area (Å²) in [5, 5.41) is 16.6. The molecule has 3 aliphatic heterocycles. The van der Waals surface area contributed by atoms with Gasteiger partial charge < -0.3 is 48.2 Å². The van der Waals surface area contributed by atoms with Crippen LogP contribution in [-0.2, 0) is 42.9 Å². The standard InChI is InChI=1S/C27H23NO5.C18H17NO3.C17H15NO3/c1-28-21-14-17-6-4-5-7-19(17)25-24(21)20(27(28)30)15-22(26(25)32-3)33-23(29)13-10-16-8-11-18(31-2)12-9-16;1-19-13-8-10-6-4-5-7-11(10)16-15(13)12(18(19)20)9-14(21-2)17(16)22-3;1-18-12-7-9-5-3-4-6-10(9)15-14(12)11(17(18)20)8-13(19)16(15)21-2/h4-15,21,24H,1-3H3;4-9,13,15H,1-3H3;3-8,12,14,19H,1-2H3/b13-10+;;. The minimum atomic E-state index is -0.558. The minimum absolute atomic E-state index is 0.0150. The number of esters is 1. The highest BCUT2D eigenvalue weighted by Crippen LogP contribution is 2.47. The van der Waals surface area contributed by atoms with Gasteiger partial charge >= 0.3 is 5.97 Å². The summed E-state index contributed by atoms with van der Waals surface area (Å²) >= 11 is 0. The molecule has 6 unspecified atom stereocenters. The van der Waals surface area contributed by atoms with E-state index < -0.39 is 5.97 Å². The lowest BCUT2D eigenvalue weighted by Crippen LogP contribution is -2.42. The number of likely N-dealkylation sites (N-methyl/N-ethyl adjacent to an activating group) is 3. The molecule has 0 radical (unpaired) electrons. The number of benzene rings is 4. The molecule has 76 heavy (non-hydrogen) atoms. The van der Waals surface area contributed by atoms with Crippen LogP contribution in [0.4, 0.5) is 0 Å². The smallest absolute Gasteiger partial charge is 0.336 e. The number of rotatable bonds is 8. The van der Waals surface area contributed by atoms with E-state index in [1.54, 1.807) is 82.6 Å². The highest BCUT2D eigenvalue weighted by Gasteiger charge is 2.51. The largest absolute Gasteiger partial charge is 0.504 e. The Morgan fingerprint density at radius 1 is 0.487 bits per heavy atom. The van der Waals surface area contributed by atoms with Gasteiger partial charge in [0.05, 0.1) is 53.7 Å². The van der Waals surface area contributed by atoms with Gasteiger partial charge in [-0.25, -0.2) is 4.79 Å². The van der Waals surface area contributed by atoms with E-state index in [0.29, 0.717) is 28.4 Å². The Kier molecular flexibility index (Phi) is 12.5. The highest BCUT2D eigenvalue weighted by molar-refractivity contribution is 6.05. The molecule has 3 heterocycles. The third kappa shape index (κ3) is 7.77. The molecule has 9 aliphatic rings. The van der Waals surface area contributed by atoms with Crippen LogP contribution in [0.1, 0.15) is 5.56 Å². The van der Waals surface area contributed by atoms with Crippen LogP contribution in [0, 0.1) is 17.8 Å². The zero-order chi connectivity index (χ0) is 53.3. The Balaban J connectivity index is 0.000000126. The van der Waals surface area contributed by atoms with Crippen molar-refractivity contribution in [1.82, 2.24) is 14.7 Å². The molecule has 4 aromatic rings. The molecule has 6 aliphatic carbocycles. The molecular weight excluding hydrogens is 963 g/mol. The molecule has 0 bridgehead atoms. The van der Waals surface area contributed by atoms with Crippen molar-refractivity contribution in [2.75, 3.05) is 56.7 Å². The number of aliphatic hydroxyl groups is 1. The fourth-order valence-corrected chi connectivity index (χ4v) is 12.1. The first-order valence-electron chi connectivity index (χ1n) is 24.8. The third-order valence-corrected chi connectivity index (χ3v) is 15.7. The maximum Gasteiger partial charge on any atom is 0.336 e. The van der Waals surface area contributed by atoms with Crippen LogP contribution in [0.2, 0.25) is 0 Å². The number of hydrogen-bond acceptors (Lipinski definition) is 11. The van der Waals surface area contributed by atoms with Gasteiger partial charge in [-0.1, -0.05) is 103 Å². The summed E-state index contributed by atoms with van der Waals surface area (Å²) < 4.78 is 33.1. The Morgan fingerprint density at radius 3 is 1.30 bits per heavy atom. The van der Waals surface area contributed by atoms with Gasteiger partial charge in [-0.05, 0) is 73.3 Å². The van der Waals surface area contributed by atoms with E-state index in [1.165, 1.54) is 6.08 Å². The number of allylic oxidation sites excluding steroid dienone is 6. The molecule has 3 saturated heterocycles. The summed E-state index contributed by atoms with van der Waals surface area (Å²) in [5.74, 6) is 2.46. The molecule has 0 aromatic heterocycles. The Bertz CT molecular complexity index is 3860. The lowest BCUT2D eigenvalue weighted by molar-refractivity contribution is -0.133. The number of methoxy groups -OCH3 is 5. The van der Waals surface area contributed by atoms with Gasteiger partial charge in [0.25, 0.3) is 17.7 Å². The molecule has 14 nitrogen and oxygen atoms in total. The minimum Gasteiger partial charge on any atom is -0.504 e. The van der Waals surface area contributed by atoms with Crippen molar-refractivity contribution >= 4 is 64.7 Å². The molecule has 1 N–H and O–H groups in total. The van der Waals surface area contributed by atoms with E-state index in [-0.39, 0.29) is 65.1 Å². The number of aliphatic hydroxyl groups excluding tert-OH is 1. The highest BCUT2D eigenvalue weighted by atomic mass is 16.6. The van der Waals surface area contributed by atoms with E-state index in [0.717, 1.165) is 70.7 Å². The second-order valence-corrected chi connectivity index (χ2v) is 19.4. The van der Waals surface area contributed by atoms with Crippen molar-refractivity contribution in [3.8, 4) is 5.75 Å². The quantitative estimate of drug-likeness (QED) is 0.205. The summed E-state index contributed by atoms with van der Waals surface area (Å²) in [6, 6.07) is 31.3. The van der Waals surface area contributed by atoms with Crippen LogP contribution in [-0.4, -0.2) is 118 Å². The Morgan fingerprint density at radius 2 is 0.882 bits per heavy atom. The number of likely N-dealkylation sites (tertiary alicyclic amines) is 3. The van der Waals surface area contributed by atoms with Crippen LogP contribution >= 0.6 is 0 Å². The van der Waals surface area contributed by atoms with Crippen molar-refractivity contribution in [3.63, 3.8) is 0 Å². The molecule has 384 valence electrons. The summed E-state index contributed by atoms with van der Waals surface area (Å²) in [6.07, 6.45) is 14.4. The van der Waals surface area contributed by atoms with Gasteiger partial charge in [-0.15, -0.1) is 0 Å². The van der Waals surface area contributed by atoms with Crippen molar-refractivity contribution in [2.24, 2.45) is 17.8 Å². The normalized spacial score (nSPS) is 23.6. The number of ether oxygens (including phenoxy) is 6. The SMILES string of the molecule is COC1=C(O)C=C2C(=O)N(C)C3C=c4ccccc4=C1C23.COC1=C(OC(=O)/C=C/c2ccc(OC)cc2)C=C2C(=O)N(C)C3C=c4ccccc4=C1C23.COC1=C(OC)C2=c3ccccc3=CC3C2C(=C1)C(=O)N3C. The van der Waals surface area contributed by atoms with Crippen molar-refractivity contribution in [3.05, 3.63) is 210 Å². The lowest BCUT2D eigenvalue weighted by atomic mass is 9.78. The van der Waals surface area contributed by atoms with Crippen molar-refractivity contribution < 1.29 is 52.7 Å². The third-order valence-electron chi connectivity index (χ3n) is 15.7. The summed E-state index contributed by atoms with van der Waals surface area (Å²) in [5.41, 5.74) is 5.69. The molecule has 6 atom stereocenters. The predicted octanol–water partition coefficient (Wildman–Crippen LogP) is 3.13. The zero-order valence-electron chi connectivity index (χ0n) is 43.2. The summed E-state index contributed by atoms with van der Waals surface area (Å²) in [6.45, 7) is 0. The van der Waals surface area contributed by atoms with Crippen molar-refractivity contribution in [2.45, 2.75) is 18.1 Å². The first-order chi connectivity index (χ1) is 36.8. The van der Waals surface area contributed by atoms with Crippen LogP contribution in [0.15, 0.2) is 173 Å². The van der Waals surface area contributed by atoms with Gasteiger partial charge in [-0.3, -0.25) is 14.4 Å². The first kappa shape index (κ1) is 49.2. The molecule has 0 saturated carbocycles. The molecule has 14 heteroatoms. The number of fused-ring (bicyclic) bond motifs is 3. The molecule has 0 spiro atoms. The van der Waals surface area contributed by atoms with Gasteiger partial charge in [0.2, 0.25) is 0 Å². The number of carbonyl (C=O) groups excluding carboxylic acids is 4. The Labute approximate surface area is 438 Å². The average molecular weight is 1020 g/mol. The predicted molar refractivity (Wildman–Crippen MR) is 285 cm³/mol. The fraction of sp³-hybridized carbons (Fsp3) is 0.226. The summed E-state index contributed by atoms with van der Waals surface area (Å²) in [4.78, 5) is 56.0. The van der Waals surface area contributed by atoms with Crippen molar-refractivity contribution in [1.29, 1.82) is 0 Å². The monoisotopic (exact) mass is 1020 g/mol. The average Bonchev–Trinajstić information content (AvgIpc) is 4.09. The van der Waals surface area contributed by atoms with Gasteiger partial charge in [0, 0.05) is 78.4 Å². The maximum absolute atomic E-state index is 13.0. The van der Waals surface area contributed by atoms with Crippen LogP contribution in [0.25, 0.3) is 41.0 Å². The number of hydrogen-bond donors (Lipinski definition) is 1. The summed E-state index contributed by atoms with van der Waals surface area (Å²) in [7, 11) is 13.4. The first-order valence-corrected chi connectivity index (χ1v) is 24.8. The second kappa shape index (κ2) is 19.3. The van der Waals surface area contributed by atoms with E-state index in [9.17, 15) is 24.3 Å². The fourth-order valence-electron chi connectivity index (χ4n) is 12.1.